The quantitative estimate of drug-likeness (QED) is 0.612. The van der Waals surface area contributed by atoms with Gasteiger partial charge in [-0.2, -0.15) is 0 Å². The molecule has 26 heavy (non-hydrogen) atoms. The van der Waals surface area contributed by atoms with Crippen molar-refractivity contribution in [2.45, 2.75) is 30.2 Å². The first-order valence-electron chi connectivity index (χ1n) is 8.05. The Balaban J connectivity index is 0.00000196. The molecule has 0 spiro atoms. The fourth-order valence-corrected chi connectivity index (χ4v) is 6.28. The smallest absolute Gasteiger partial charge is 0.353 e. The molecule has 2 N–H and O–H groups in total. The van der Waals surface area contributed by atoms with E-state index in [1.165, 1.54) is 16.7 Å². The molecular formula is C18H17NNaO4S2. The molecule has 1 saturated heterocycles. The van der Waals surface area contributed by atoms with Crippen LogP contribution in [0.4, 0.5) is 0 Å². The van der Waals surface area contributed by atoms with Crippen molar-refractivity contribution < 1.29 is 19.8 Å². The summed E-state index contributed by atoms with van der Waals surface area (Å²) in [5, 5.41) is 20.7. The minimum absolute atomic E-state index is 0. The summed E-state index contributed by atoms with van der Waals surface area (Å²) < 4.78 is 2.15. The van der Waals surface area contributed by atoms with Crippen LogP contribution in [0.2, 0.25) is 0 Å². The summed E-state index contributed by atoms with van der Waals surface area (Å²) in [4.78, 5) is 26.2. The third-order valence-electron chi connectivity index (χ3n) is 4.92. The van der Waals surface area contributed by atoms with Crippen molar-refractivity contribution in [2.75, 3.05) is 0 Å². The predicted octanol–water partition coefficient (Wildman–Crippen LogP) is 2.77. The Hall–Kier alpha value is -0.830. The van der Waals surface area contributed by atoms with Gasteiger partial charge in [0.2, 0.25) is 5.91 Å². The number of carboxylic acids is 1. The molecule has 4 atom stereocenters. The van der Waals surface area contributed by atoms with E-state index in [0.29, 0.717) is 4.91 Å². The van der Waals surface area contributed by atoms with Gasteiger partial charge in [0.05, 0.1) is 22.3 Å². The molecule has 3 heterocycles. The fraction of sp³-hybridized carbons (Fsp3) is 0.333. The van der Waals surface area contributed by atoms with E-state index in [1.807, 2.05) is 37.3 Å². The number of hydrogen-bond acceptors (Lipinski definition) is 5. The molecule has 2 aliphatic rings. The molecule has 1 radical (unpaired) electrons. The molecule has 1 amide bonds. The van der Waals surface area contributed by atoms with E-state index in [0.717, 1.165) is 14.3 Å². The molecule has 1 fully saturated rings. The molecule has 0 saturated carbocycles. The van der Waals surface area contributed by atoms with E-state index >= 15 is 0 Å². The van der Waals surface area contributed by atoms with E-state index in [1.54, 1.807) is 18.3 Å². The van der Waals surface area contributed by atoms with E-state index in [2.05, 4.69) is 0 Å². The molecule has 5 nitrogen and oxygen atoms in total. The number of benzene rings is 1. The van der Waals surface area contributed by atoms with Crippen LogP contribution in [0.5, 0.6) is 0 Å². The third-order valence-corrected chi connectivity index (χ3v) is 7.44. The van der Waals surface area contributed by atoms with Gasteiger partial charge in [-0.3, -0.25) is 4.79 Å². The average molecular weight is 398 g/mol. The van der Waals surface area contributed by atoms with Crippen molar-refractivity contribution in [1.29, 1.82) is 0 Å². The van der Waals surface area contributed by atoms with Gasteiger partial charge in [-0.05, 0) is 24.4 Å². The summed E-state index contributed by atoms with van der Waals surface area (Å²) >= 11 is 3.04. The molecule has 0 unspecified atom stereocenters. The maximum atomic E-state index is 12.3. The molecule has 1 aromatic carbocycles. The van der Waals surface area contributed by atoms with Gasteiger partial charge in [0.15, 0.2) is 0 Å². The number of carbonyl (C=O) groups excluding carboxylic acids is 1. The van der Waals surface area contributed by atoms with Crippen LogP contribution in [0, 0.1) is 11.8 Å². The molecule has 4 rings (SSSR count). The second-order valence-corrected chi connectivity index (χ2v) is 8.90. The number of carboxylic acid groups (broad SMARTS) is 1. The first-order valence-corrected chi connectivity index (χ1v) is 9.68. The number of rotatable bonds is 4. The molecule has 2 aromatic rings. The van der Waals surface area contributed by atoms with Gasteiger partial charge in [-0.15, -0.1) is 11.3 Å². The van der Waals surface area contributed by atoms with Gasteiger partial charge < -0.3 is 15.1 Å². The number of aliphatic carboxylic acids is 1. The molecular weight excluding hydrogens is 381 g/mol. The number of nitrogens with zero attached hydrogens (tertiary/aromatic N) is 1. The van der Waals surface area contributed by atoms with Crippen LogP contribution < -0.4 is 0 Å². The topological polar surface area (TPSA) is 77.8 Å². The van der Waals surface area contributed by atoms with Crippen LogP contribution in [-0.4, -0.2) is 68.7 Å². The van der Waals surface area contributed by atoms with Gasteiger partial charge in [0, 0.05) is 45.1 Å². The second-order valence-electron chi connectivity index (χ2n) is 6.48. The number of aliphatic hydroxyl groups excluding tert-OH is 1. The first-order chi connectivity index (χ1) is 11.9. The fourth-order valence-electron chi connectivity index (χ4n) is 3.77. The predicted molar refractivity (Wildman–Crippen MR) is 103 cm³/mol. The van der Waals surface area contributed by atoms with Crippen LogP contribution >= 0.6 is 23.1 Å². The summed E-state index contributed by atoms with van der Waals surface area (Å²) in [6.07, 6.45) is -0.778. The van der Waals surface area contributed by atoms with Gasteiger partial charge >= 0.3 is 5.97 Å². The van der Waals surface area contributed by atoms with Crippen LogP contribution in [0.3, 0.4) is 0 Å². The van der Waals surface area contributed by atoms with Gasteiger partial charge in [0.25, 0.3) is 0 Å². The van der Waals surface area contributed by atoms with Crippen LogP contribution in [0.25, 0.3) is 10.1 Å². The Morgan fingerprint density at radius 2 is 2.04 bits per heavy atom. The zero-order chi connectivity index (χ0) is 17.9. The van der Waals surface area contributed by atoms with Crippen molar-refractivity contribution in [3.63, 3.8) is 0 Å². The standard InChI is InChI=1S/C18H17NO4S2.Na/c1-8-14-13(9(2)20)17(21)19(14)15(18(22)23)16(8)25-12-7-10-5-3-4-6-11(10)24-12;/h3-9,13-14,20H,1-2H3,(H,22,23);/t8-,9-,13-,14-;/m1./s1. The summed E-state index contributed by atoms with van der Waals surface area (Å²) in [5.41, 5.74) is 0.0712. The molecule has 0 aliphatic carbocycles. The number of amides is 1. The third kappa shape index (κ3) is 2.95. The average Bonchev–Trinajstić information content (AvgIpc) is 3.05. The molecule has 0 bridgehead atoms. The van der Waals surface area contributed by atoms with Crippen molar-refractivity contribution >= 4 is 74.6 Å². The molecule has 8 heteroatoms. The van der Waals surface area contributed by atoms with Crippen LogP contribution in [-0.2, 0) is 9.59 Å². The number of thioether (sulfide) groups is 1. The zero-order valence-electron chi connectivity index (χ0n) is 14.7. The molecule has 131 valence electrons. The van der Waals surface area contributed by atoms with E-state index in [4.69, 9.17) is 0 Å². The van der Waals surface area contributed by atoms with Crippen molar-refractivity contribution in [1.82, 2.24) is 4.90 Å². The summed E-state index contributed by atoms with van der Waals surface area (Å²) in [6.45, 7) is 3.52. The van der Waals surface area contributed by atoms with Crippen molar-refractivity contribution in [3.8, 4) is 0 Å². The number of thiophene rings is 1. The van der Waals surface area contributed by atoms with Crippen molar-refractivity contribution in [2.24, 2.45) is 11.8 Å². The summed E-state index contributed by atoms with van der Waals surface area (Å²) in [6, 6.07) is 9.80. The minimum atomic E-state index is -1.09. The minimum Gasteiger partial charge on any atom is -0.477 e. The number of fused-ring (bicyclic) bond motifs is 2. The first kappa shape index (κ1) is 19.9. The van der Waals surface area contributed by atoms with Gasteiger partial charge in [-0.1, -0.05) is 36.9 Å². The Bertz CT molecular complexity index is 890. The Morgan fingerprint density at radius 3 is 2.65 bits per heavy atom. The van der Waals surface area contributed by atoms with Gasteiger partial charge in [-0.25, -0.2) is 4.79 Å². The van der Waals surface area contributed by atoms with E-state index < -0.39 is 18.0 Å². The number of carbonyl (C=O) groups is 2. The number of aliphatic hydroxyl groups is 1. The molecule has 2 aliphatic heterocycles. The monoisotopic (exact) mass is 398 g/mol. The van der Waals surface area contributed by atoms with Crippen molar-refractivity contribution in [3.05, 3.63) is 40.9 Å². The number of β-lactam (4-membered cyclic amide) rings is 1. The molecule has 1 aromatic heterocycles. The summed E-state index contributed by atoms with van der Waals surface area (Å²) in [5.74, 6) is -2.02. The Labute approximate surface area is 181 Å². The van der Waals surface area contributed by atoms with Gasteiger partial charge in [0.1, 0.15) is 5.70 Å². The van der Waals surface area contributed by atoms with Crippen LogP contribution in [0.1, 0.15) is 13.8 Å². The maximum absolute atomic E-state index is 12.3. The maximum Gasteiger partial charge on any atom is 0.353 e. The number of hydrogen-bond donors (Lipinski definition) is 2. The van der Waals surface area contributed by atoms with Crippen LogP contribution in [0.15, 0.2) is 45.1 Å². The van der Waals surface area contributed by atoms with E-state index in [-0.39, 0.29) is 53.1 Å². The summed E-state index contributed by atoms with van der Waals surface area (Å²) in [7, 11) is 0. The van der Waals surface area contributed by atoms with E-state index in [9.17, 15) is 19.8 Å². The normalized spacial score (nSPS) is 25.7. The zero-order valence-corrected chi connectivity index (χ0v) is 18.3. The largest absolute Gasteiger partial charge is 0.477 e. The second kappa shape index (κ2) is 7.30. The SMILES string of the molecule is C[C@@H](O)[C@H]1C(=O)N2C(C(=O)O)=C(Sc3cc4ccccc4s3)[C@H](C)[C@H]12.[Na]. The Morgan fingerprint density at radius 1 is 1.35 bits per heavy atom. The Kier molecular flexibility index (Phi) is 5.59.